The molecule has 39 heavy (non-hydrogen) atoms. The van der Waals surface area contributed by atoms with Crippen molar-refractivity contribution in [3.8, 4) is 22.8 Å². The van der Waals surface area contributed by atoms with Crippen LogP contribution in [0.25, 0.3) is 17.1 Å². The van der Waals surface area contributed by atoms with Crippen molar-refractivity contribution < 1.29 is 43.0 Å². The van der Waals surface area contributed by atoms with Crippen LogP contribution >= 0.6 is 11.8 Å². The van der Waals surface area contributed by atoms with Gasteiger partial charge in [0.2, 0.25) is 11.9 Å². The van der Waals surface area contributed by atoms with Crippen LogP contribution in [0, 0.1) is 11.6 Å². The molecule has 3 aliphatic rings. The van der Waals surface area contributed by atoms with Gasteiger partial charge in [0.15, 0.2) is 17.4 Å². The molecule has 6 rings (SSSR count). The van der Waals surface area contributed by atoms with Gasteiger partial charge in [-0.15, -0.1) is 11.8 Å². The van der Waals surface area contributed by atoms with Crippen LogP contribution in [-0.2, 0) is 16.9 Å². The van der Waals surface area contributed by atoms with E-state index in [1.54, 1.807) is 0 Å². The summed E-state index contributed by atoms with van der Waals surface area (Å²) in [5, 5.41) is 50.5. The Morgan fingerprint density at radius 1 is 1.23 bits per heavy atom. The van der Waals surface area contributed by atoms with Crippen LogP contribution in [0.5, 0.6) is 11.5 Å². The molecule has 1 saturated heterocycles. The maximum absolute atomic E-state index is 15.1. The Balaban J connectivity index is 1.63. The predicted molar refractivity (Wildman–Crippen MR) is 131 cm³/mol. The SMILES string of the molecule is [O-]C1=c2c(OC[C@@H](O)CO)c([O-])cc(-c3cc(F)c(F)c4c3Cc3ccccc3SC4)[n+]2=NC2COCCN12. The number of thioether (sulfide) groups is 1. The van der Waals surface area contributed by atoms with Crippen LogP contribution < -0.4 is 24.7 Å². The number of aromatic nitrogens is 1. The Morgan fingerprint density at radius 3 is 2.87 bits per heavy atom. The second-order valence-electron chi connectivity index (χ2n) is 9.45. The molecule has 0 radical (unpaired) electrons. The van der Waals surface area contributed by atoms with Crippen molar-refractivity contribution in [2.75, 3.05) is 33.0 Å². The molecule has 4 heterocycles. The fourth-order valence-electron chi connectivity index (χ4n) is 5.08. The van der Waals surface area contributed by atoms with Crippen LogP contribution in [0.4, 0.5) is 8.78 Å². The van der Waals surface area contributed by atoms with Gasteiger partial charge in [-0.2, -0.15) is 0 Å². The number of hydrogen-bond donors (Lipinski definition) is 2. The first kappa shape index (κ1) is 25.8. The Hall–Kier alpha value is -3.45. The van der Waals surface area contributed by atoms with E-state index in [1.165, 1.54) is 27.1 Å². The summed E-state index contributed by atoms with van der Waals surface area (Å²) in [6.07, 6.45) is -1.70. The number of nitrogens with zero attached hydrogens (tertiary/aromatic N) is 3. The van der Waals surface area contributed by atoms with Gasteiger partial charge in [0.25, 0.3) is 5.35 Å². The van der Waals surface area contributed by atoms with E-state index in [2.05, 4.69) is 5.11 Å². The highest BCUT2D eigenvalue weighted by Crippen LogP contribution is 2.40. The highest BCUT2D eigenvalue weighted by atomic mass is 32.2. The largest absolute Gasteiger partial charge is 0.870 e. The van der Waals surface area contributed by atoms with Gasteiger partial charge in [0.05, 0.1) is 25.4 Å². The zero-order valence-corrected chi connectivity index (χ0v) is 21.4. The smallest absolute Gasteiger partial charge is 0.287 e. The fourth-order valence-corrected chi connectivity index (χ4v) is 6.18. The minimum atomic E-state index is -1.28. The van der Waals surface area contributed by atoms with Gasteiger partial charge < -0.3 is 34.8 Å². The first-order valence-electron chi connectivity index (χ1n) is 12.4. The lowest BCUT2D eigenvalue weighted by molar-refractivity contribution is -0.570. The van der Waals surface area contributed by atoms with E-state index in [9.17, 15) is 20.4 Å². The summed E-state index contributed by atoms with van der Waals surface area (Å²) in [4.78, 5) is 2.40. The average Bonchev–Trinajstić information content (AvgIpc) is 3.14. The standard InChI is InChI=1S/C27H24F2N3O6S/c28-19-8-17(16-7-14-3-1-2-4-22(14)39-13-18(16)24(19)29)20-9-21(35)26(38-11-15(34)10-33)25-27(36)31-5-6-37-12-23(31)30-32(20)25/h1-4,8-9,15,23,33-34H,5-7,10-13H2/q-1/t15-,23?/m0/s1. The lowest BCUT2D eigenvalue weighted by atomic mass is 9.92. The molecule has 2 N–H and O–H groups in total. The van der Waals surface area contributed by atoms with E-state index in [0.717, 1.165) is 16.5 Å². The molecule has 12 heteroatoms. The molecule has 2 atom stereocenters. The number of rotatable bonds is 5. The number of fused-ring (bicyclic) bond motifs is 4. The number of hydrogen-bond acceptors (Lipinski definition) is 9. The van der Waals surface area contributed by atoms with Crippen molar-refractivity contribution in [3.05, 3.63) is 70.1 Å². The summed E-state index contributed by atoms with van der Waals surface area (Å²) in [5.74, 6) is -3.43. The quantitative estimate of drug-likeness (QED) is 0.423. The van der Waals surface area contributed by atoms with Gasteiger partial charge >= 0.3 is 0 Å². The molecule has 0 saturated carbocycles. The van der Waals surface area contributed by atoms with E-state index in [1.807, 2.05) is 24.3 Å². The zero-order valence-electron chi connectivity index (χ0n) is 20.6. The van der Waals surface area contributed by atoms with Gasteiger partial charge in [-0.3, -0.25) is 0 Å². The molecule has 1 unspecified atom stereocenters. The Bertz CT molecular complexity index is 1590. The number of aliphatic hydroxyl groups excluding tert-OH is 2. The van der Waals surface area contributed by atoms with Crippen LogP contribution in [0.3, 0.4) is 0 Å². The first-order chi connectivity index (χ1) is 18.9. The van der Waals surface area contributed by atoms with E-state index in [4.69, 9.17) is 9.47 Å². The van der Waals surface area contributed by atoms with Gasteiger partial charge in [0.1, 0.15) is 12.7 Å². The maximum Gasteiger partial charge on any atom is 0.287 e. The summed E-state index contributed by atoms with van der Waals surface area (Å²) < 4.78 is 42.5. The Morgan fingerprint density at radius 2 is 2.05 bits per heavy atom. The third kappa shape index (κ3) is 4.46. The summed E-state index contributed by atoms with van der Waals surface area (Å²) >= 11 is 1.40. The van der Waals surface area contributed by atoms with Gasteiger partial charge in [0, 0.05) is 34.7 Å². The van der Waals surface area contributed by atoms with E-state index < -0.39 is 48.8 Å². The average molecular weight is 557 g/mol. The normalized spacial score (nSPS) is 18.7. The minimum absolute atomic E-state index is 0.114. The summed E-state index contributed by atoms with van der Waals surface area (Å²) in [7, 11) is 0. The summed E-state index contributed by atoms with van der Waals surface area (Å²) in [6, 6.07) is 9.80. The first-order valence-corrected chi connectivity index (χ1v) is 13.4. The van der Waals surface area contributed by atoms with E-state index in [0.29, 0.717) is 5.56 Å². The number of ether oxygens (including phenoxy) is 2. The Kier molecular flexibility index (Phi) is 6.79. The number of aliphatic hydroxyl groups is 2. The molecule has 0 aliphatic carbocycles. The van der Waals surface area contributed by atoms with Gasteiger partial charge in [-0.1, -0.05) is 23.9 Å². The number of pyridine rings is 1. The highest BCUT2D eigenvalue weighted by molar-refractivity contribution is 7.98. The van der Waals surface area contributed by atoms with Gasteiger partial charge in [-0.05, 0) is 39.2 Å². The van der Waals surface area contributed by atoms with Crippen LogP contribution in [0.2, 0.25) is 0 Å². The number of morpholine rings is 1. The summed E-state index contributed by atoms with van der Waals surface area (Å²) in [6.45, 7) is -0.401. The third-order valence-corrected chi connectivity index (χ3v) is 8.16. The fraction of sp³-hybridized carbons (Fsp3) is 0.333. The second kappa shape index (κ2) is 10.3. The van der Waals surface area contributed by atoms with Crippen molar-refractivity contribution in [2.24, 2.45) is 5.11 Å². The van der Waals surface area contributed by atoms with Crippen molar-refractivity contribution >= 4 is 17.6 Å². The summed E-state index contributed by atoms with van der Waals surface area (Å²) in [5.41, 5.74) is 1.96. The molecule has 0 spiro atoms. The number of benzene rings is 2. The molecule has 3 aliphatic heterocycles. The predicted octanol–water partition coefficient (Wildman–Crippen LogP) is 0.0510. The third-order valence-electron chi connectivity index (χ3n) is 7.02. The topological polar surface area (TPSA) is 127 Å². The Labute approximate surface area is 225 Å². The molecule has 204 valence electrons. The second-order valence-corrected chi connectivity index (χ2v) is 10.5. The zero-order chi connectivity index (χ0) is 27.3. The van der Waals surface area contributed by atoms with Crippen LogP contribution in [-0.4, -0.2) is 60.4 Å². The maximum atomic E-state index is 15.1. The molecule has 1 aromatic heterocycles. The van der Waals surface area contributed by atoms with Crippen molar-refractivity contribution in [3.63, 3.8) is 0 Å². The highest BCUT2D eigenvalue weighted by Gasteiger charge is 2.34. The van der Waals surface area contributed by atoms with Crippen molar-refractivity contribution in [1.29, 1.82) is 0 Å². The minimum Gasteiger partial charge on any atom is -0.870 e. The van der Waals surface area contributed by atoms with Crippen LogP contribution in [0.1, 0.15) is 16.7 Å². The van der Waals surface area contributed by atoms with E-state index >= 15 is 8.78 Å². The van der Waals surface area contributed by atoms with Gasteiger partial charge in [-0.25, -0.2) is 8.78 Å². The molecule has 9 nitrogen and oxygen atoms in total. The monoisotopic (exact) mass is 556 g/mol. The molecule has 0 amide bonds. The lowest BCUT2D eigenvalue weighted by Crippen LogP contribution is -2.59. The number of halogens is 2. The van der Waals surface area contributed by atoms with Crippen LogP contribution in [0.15, 0.2) is 46.4 Å². The van der Waals surface area contributed by atoms with Crippen molar-refractivity contribution in [2.45, 2.75) is 29.3 Å². The molecule has 3 aromatic rings. The molecular formula is C27H24F2N3O6S-. The molecule has 1 fully saturated rings. The molecule has 0 bridgehead atoms. The molecule has 2 aromatic carbocycles. The van der Waals surface area contributed by atoms with E-state index in [-0.39, 0.29) is 59.9 Å². The molecular weight excluding hydrogens is 532 g/mol. The lowest BCUT2D eigenvalue weighted by Gasteiger charge is -2.37. The van der Waals surface area contributed by atoms with Crippen molar-refractivity contribution in [1.82, 2.24) is 4.90 Å².